The average Bonchev–Trinajstić information content (AvgIpc) is 2.39. The second-order valence-electron chi connectivity index (χ2n) is 6.94. The molecule has 0 spiro atoms. The van der Waals surface area contributed by atoms with Crippen LogP contribution in [-0.2, 0) is 9.53 Å². The normalized spacial score (nSPS) is 17.5. The molecule has 0 unspecified atom stereocenters. The van der Waals surface area contributed by atoms with E-state index in [0.29, 0.717) is 18.9 Å². The van der Waals surface area contributed by atoms with Gasteiger partial charge in [0.2, 0.25) is 0 Å². The van der Waals surface area contributed by atoms with Gasteiger partial charge in [-0.3, -0.25) is 0 Å². The van der Waals surface area contributed by atoms with Crippen molar-refractivity contribution in [3.05, 3.63) is 0 Å². The van der Waals surface area contributed by atoms with Crippen molar-refractivity contribution in [2.24, 2.45) is 5.92 Å². The highest BCUT2D eigenvalue weighted by molar-refractivity contribution is 5.67. The highest BCUT2D eigenvalue weighted by Crippen LogP contribution is 2.19. The Bertz CT molecular complexity index is 331. The van der Waals surface area contributed by atoms with Gasteiger partial charge in [0, 0.05) is 20.0 Å². The van der Waals surface area contributed by atoms with Crippen LogP contribution < -0.4 is 0 Å². The molecule has 0 aromatic rings. The third kappa shape index (κ3) is 7.46. The maximum Gasteiger partial charge on any atom is 0.410 e. The van der Waals surface area contributed by atoms with E-state index in [1.165, 1.54) is 0 Å². The lowest BCUT2D eigenvalue weighted by Crippen LogP contribution is -2.38. The number of carbonyl (C=O) groups excluding carboxylic acids is 2. The van der Waals surface area contributed by atoms with Gasteiger partial charge in [-0.15, -0.1) is 0 Å². The lowest BCUT2D eigenvalue weighted by Gasteiger charge is -2.31. The number of hydrogen-bond donors (Lipinski definition) is 0. The quantitative estimate of drug-likeness (QED) is 0.707. The molecule has 0 aliphatic carbocycles. The van der Waals surface area contributed by atoms with Gasteiger partial charge in [-0.05, 0) is 65.6 Å². The van der Waals surface area contributed by atoms with Crippen molar-refractivity contribution >= 4 is 12.4 Å². The van der Waals surface area contributed by atoms with Crippen LogP contribution in [0.25, 0.3) is 0 Å². The number of ether oxygens (including phenoxy) is 1. The molecule has 0 aromatic carbocycles. The largest absolute Gasteiger partial charge is 0.444 e. The minimum atomic E-state index is -0.439. The van der Waals surface area contributed by atoms with Gasteiger partial charge in [0.25, 0.3) is 0 Å². The highest BCUT2D eigenvalue weighted by Gasteiger charge is 2.21. The average molecular weight is 298 g/mol. The molecule has 1 aliphatic heterocycles. The summed E-state index contributed by atoms with van der Waals surface area (Å²) < 4.78 is 5.32. The molecule has 0 saturated carbocycles. The maximum absolute atomic E-state index is 11.8. The van der Waals surface area contributed by atoms with E-state index in [4.69, 9.17) is 4.74 Å². The van der Waals surface area contributed by atoms with Crippen molar-refractivity contribution in [3.63, 3.8) is 0 Å². The minimum absolute atomic E-state index is 0.257. The van der Waals surface area contributed by atoms with Gasteiger partial charge in [0.15, 0.2) is 0 Å². The van der Waals surface area contributed by atoms with Gasteiger partial charge in [-0.1, -0.05) is 0 Å². The molecular weight excluding hydrogens is 268 g/mol. The van der Waals surface area contributed by atoms with Crippen LogP contribution >= 0.6 is 0 Å². The van der Waals surface area contributed by atoms with Crippen LogP contribution in [0, 0.1) is 5.92 Å². The minimum Gasteiger partial charge on any atom is -0.444 e. The van der Waals surface area contributed by atoms with Crippen molar-refractivity contribution in [2.45, 2.75) is 52.1 Å². The molecule has 0 N–H and O–H groups in total. The van der Waals surface area contributed by atoms with Crippen LogP contribution in [0.4, 0.5) is 4.79 Å². The SMILES string of the molecule is CN(CCCN1CCC(CC=O)CC1)C(=O)OC(C)(C)C. The smallest absolute Gasteiger partial charge is 0.410 e. The number of piperidine rings is 1. The Morgan fingerprint density at radius 3 is 2.48 bits per heavy atom. The summed E-state index contributed by atoms with van der Waals surface area (Å²) in [5, 5.41) is 0. The van der Waals surface area contributed by atoms with Gasteiger partial charge in [-0.2, -0.15) is 0 Å². The van der Waals surface area contributed by atoms with Gasteiger partial charge in [-0.25, -0.2) is 4.79 Å². The van der Waals surface area contributed by atoms with Crippen molar-refractivity contribution in [2.75, 3.05) is 33.2 Å². The summed E-state index contributed by atoms with van der Waals surface area (Å²) in [7, 11) is 1.78. The summed E-state index contributed by atoms with van der Waals surface area (Å²) in [6.07, 6.45) is 4.66. The molecule has 1 amide bonds. The summed E-state index contributed by atoms with van der Waals surface area (Å²) in [5.41, 5.74) is -0.439. The third-order valence-corrected chi connectivity index (χ3v) is 3.81. The Morgan fingerprint density at radius 1 is 1.33 bits per heavy atom. The molecule has 1 aliphatic rings. The Hall–Kier alpha value is -1.10. The molecular formula is C16H30N2O3. The topological polar surface area (TPSA) is 49.9 Å². The molecule has 0 radical (unpaired) electrons. The second-order valence-corrected chi connectivity index (χ2v) is 6.94. The number of likely N-dealkylation sites (tertiary alicyclic amines) is 1. The van der Waals surface area contributed by atoms with E-state index < -0.39 is 5.60 Å². The van der Waals surface area contributed by atoms with E-state index in [-0.39, 0.29) is 6.09 Å². The first-order chi connectivity index (χ1) is 9.81. The molecule has 1 rings (SSSR count). The van der Waals surface area contributed by atoms with E-state index in [0.717, 1.165) is 45.2 Å². The third-order valence-electron chi connectivity index (χ3n) is 3.81. The van der Waals surface area contributed by atoms with Crippen LogP contribution in [0.1, 0.15) is 46.5 Å². The Labute approximate surface area is 128 Å². The van der Waals surface area contributed by atoms with Crippen LogP contribution in [0.5, 0.6) is 0 Å². The van der Waals surface area contributed by atoms with Crippen molar-refractivity contribution in [1.82, 2.24) is 9.80 Å². The summed E-state index contributed by atoms with van der Waals surface area (Å²) >= 11 is 0. The maximum atomic E-state index is 11.8. The number of rotatable bonds is 6. The van der Waals surface area contributed by atoms with Crippen molar-refractivity contribution < 1.29 is 14.3 Å². The van der Waals surface area contributed by atoms with Gasteiger partial charge in [0.1, 0.15) is 11.9 Å². The first kappa shape index (κ1) is 18.0. The van der Waals surface area contributed by atoms with Crippen molar-refractivity contribution in [1.29, 1.82) is 0 Å². The van der Waals surface area contributed by atoms with Crippen LogP contribution in [0.15, 0.2) is 0 Å². The molecule has 0 atom stereocenters. The molecule has 5 heteroatoms. The standard InChI is InChI=1S/C16H30N2O3/c1-16(2,3)21-15(20)17(4)9-5-10-18-11-6-14(7-12-18)8-13-19/h13-14H,5-12H2,1-4H3. The number of amides is 1. The predicted octanol–water partition coefficient (Wildman–Crippen LogP) is 2.54. The lowest BCUT2D eigenvalue weighted by molar-refractivity contribution is -0.108. The first-order valence-corrected chi connectivity index (χ1v) is 7.92. The fourth-order valence-corrected chi connectivity index (χ4v) is 2.54. The zero-order valence-electron chi connectivity index (χ0n) is 13.9. The first-order valence-electron chi connectivity index (χ1n) is 7.92. The molecule has 1 saturated heterocycles. The van der Waals surface area contributed by atoms with Crippen LogP contribution in [-0.4, -0.2) is 61.0 Å². The van der Waals surface area contributed by atoms with Gasteiger partial charge < -0.3 is 19.3 Å². The fraction of sp³-hybridized carbons (Fsp3) is 0.875. The van der Waals surface area contributed by atoms with E-state index in [1.807, 2.05) is 20.8 Å². The number of carbonyl (C=O) groups is 2. The van der Waals surface area contributed by atoms with Crippen molar-refractivity contribution in [3.8, 4) is 0 Å². The zero-order chi connectivity index (χ0) is 15.9. The fourth-order valence-electron chi connectivity index (χ4n) is 2.54. The molecule has 0 bridgehead atoms. The molecule has 1 heterocycles. The lowest BCUT2D eigenvalue weighted by atomic mass is 9.94. The molecule has 21 heavy (non-hydrogen) atoms. The zero-order valence-corrected chi connectivity index (χ0v) is 13.9. The molecule has 5 nitrogen and oxygen atoms in total. The summed E-state index contributed by atoms with van der Waals surface area (Å²) in [4.78, 5) is 26.4. The van der Waals surface area contributed by atoms with E-state index in [1.54, 1.807) is 11.9 Å². The van der Waals surface area contributed by atoms with Gasteiger partial charge >= 0.3 is 6.09 Å². The van der Waals surface area contributed by atoms with Crippen LogP contribution in [0.2, 0.25) is 0 Å². The highest BCUT2D eigenvalue weighted by atomic mass is 16.6. The predicted molar refractivity (Wildman–Crippen MR) is 83.3 cm³/mol. The number of nitrogens with zero attached hydrogens (tertiary/aromatic N) is 2. The molecule has 0 aromatic heterocycles. The summed E-state index contributed by atoms with van der Waals surface area (Å²) in [6, 6.07) is 0. The monoisotopic (exact) mass is 298 g/mol. The Balaban J connectivity index is 2.16. The Morgan fingerprint density at radius 2 is 1.95 bits per heavy atom. The summed E-state index contributed by atoms with van der Waals surface area (Å²) in [5.74, 6) is 0.572. The second kappa shape index (κ2) is 8.37. The van der Waals surface area contributed by atoms with Gasteiger partial charge in [0.05, 0.1) is 0 Å². The van der Waals surface area contributed by atoms with Crippen LogP contribution in [0.3, 0.4) is 0 Å². The molecule has 1 fully saturated rings. The number of aldehydes is 1. The van der Waals surface area contributed by atoms with E-state index in [2.05, 4.69) is 4.90 Å². The number of hydrogen-bond acceptors (Lipinski definition) is 4. The molecule has 122 valence electrons. The van der Waals surface area contributed by atoms with E-state index >= 15 is 0 Å². The van der Waals surface area contributed by atoms with E-state index in [9.17, 15) is 9.59 Å². The Kier molecular flexibility index (Phi) is 7.15. The summed E-state index contributed by atoms with van der Waals surface area (Å²) in [6.45, 7) is 9.47.